The van der Waals surface area contributed by atoms with Gasteiger partial charge in [-0.3, -0.25) is 15.2 Å². The Morgan fingerprint density at radius 2 is 2.11 bits per heavy atom. The van der Waals surface area contributed by atoms with E-state index in [4.69, 9.17) is 6.42 Å². The molecule has 2 aromatic rings. The zero-order valence-electron chi connectivity index (χ0n) is 10.3. The molecular weight excluding hydrogens is 240 g/mol. The van der Waals surface area contributed by atoms with E-state index in [1.807, 2.05) is 30.3 Å². The Balaban J connectivity index is 1.92. The topological polar surface area (TPSA) is 69.8 Å². The first-order chi connectivity index (χ1) is 9.29. The van der Waals surface area contributed by atoms with E-state index in [2.05, 4.69) is 26.8 Å². The molecule has 1 aromatic carbocycles. The van der Waals surface area contributed by atoms with E-state index >= 15 is 0 Å². The highest BCUT2D eigenvalue weighted by Crippen LogP contribution is 2.18. The molecule has 0 aliphatic heterocycles. The van der Waals surface area contributed by atoms with E-state index in [-0.39, 0.29) is 12.5 Å². The number of carbonyl (C=O) groups is 1. The van der Waals surface area contributed by atoms with Gasteiger partial charge in [-0.15, -0.1) is 6.42 Å². The average molecular weight is 254 g/mol. The third-order valence-corrected chi connectivity index (χ3v) is 2.49. The smallest absolute Gasteiger partial charge is 0.238 e. The minimum Gasteiger partial charge on any atom is -0.325 e. The summed E-state index contributed by atoms with van der Waals surface area (Å²) in [6.45, 7) is 0.582. The highest BCUT2D eigenvalue weighted by molar-refractivity contribution is 5.92. The number of carbonyl (C=O) groups excluding carboxylic acids is 1. The van der Waals surface area contributed by atoms with Crippen LogP contribution in [0.15, 0.2) is 36.5 Å². The molecule has 0 spiro atoms. The van der Waals surface area contributed by atoms with Crippen LogP contribution in [0.25, 0.3) is 11.3 Å². The molecule has 0 unspecified atom stereocenters. The fourth-order valence-corrected chi connectivity index (χ4v) is 1.60. The molecule has 0 fully saturated rings. The first-order valence-corrected chi connectivity index (χ1v) is 5.83. The number of amides is 1. The lowest BCUT2D eigenvalue weighted by molar-refractivity contribution is -0.115. The van der Waals surface area contributed by atoms with E-state index in [1.165, 1.54) is 0 Å². The number of benzene rings is 1. The SMILES string of the molecule is C#CCNCC(=O)Nc1ccc(-c2ccn[nH]2)cc1. The van der Waals surface area contributed by atoms with Crippen molar-refractivity contribution >= 4 is 11.6 Å². The largest absolute Gasteiger partial charge is 0.325 e. The van der Waals surface area contributed by atoms with Crippen LogP contribution < -0.4 is 10.6 Å². The van der Waals surface area contributed by atoms with Gasteiger partial charge in [0.15, 0.2) is 0 Å². The van der Waals surface area contributed by atoms with Crippen molar-refractivity contribution < 1.29 is 4.79 Å². The summed E-state index contributed by atoms with van der Waals surface area (Å²) in [7, 11) is 0. The molecule has 5 heteroatoms. The van der Waals surface area contributed by atoms with E-state index in [9.17, 15) is 4.79 Å². The fourth-order valence-electron chi connectivity index (χ4n) is 1.60. The second-order valence-corrected chi connectivity index (χ2v) is 3.90. The minimum absolute atomic E-state index is 0.121. The Morgan fingerprint density at radius 1 is 1.32 bits per heavy atom. The monoisotopic (exact) mass is 254 g/mol. The fraction of sp³-hybridized carbons (Fsp3) is 0.143. The zero-order valence-corrected chi connectivity index (χ0v) is 10.3. The van der Waals surface area contributed by atoms with Gasteiger partial charge in [0.1, 0.15) is 0 Å². The highest BCUT2D eigenvalue weighted by Gasteiger charge is 2.02. The summed E-state index contributed by atoms with van der Waals surface area (Å²) in [5.74, 6) is 2.29. The Labute approximate surface area is 111 Å². The predicted molar refractivity (Wildman–Crippen MR) is 74.4 cm³/mol. The number of hydrogen-bond acceptors (Lipinski definition) is 3. The summed E-state index contributed by atoms with van der Waals surface area (Å²) in [6, 6.07) is 9.40. The lowest BCUT2D eigenvalue weighted by Crippen LogP contribution is -2.28. The van der Waals surface area contributed by atoms with Crippen LogP contribution in [0, 0.1) is 12.3 Å². The van der Waals surface area contributed by atoms with E-state index < -0.39 is 0 Å². The molecule has 0 aliphatic carbocycles. The van der Waals surface area contributed by atoms with Gasteiger partial charge < -0.3 is 5.32 Å². The van der Waals surface area contributed by atoms with E-state index in [0.29, 0.717) is 6.54 Å². The average Bonchev–Trinajstić information content (AvgIpc) is 2.94. The standard InChI is InChI=1S/C14H14N4O/c1-2-8-15-10-14(19)17-12-5-3-11(4-6-12)13-7-9-16-18-13/h1,3-7,9,15H,8,10H2,(H,16,18)(H,17,19). The minimum atomic E-state index is -0.121. The quantitative estimate of drug-likeness (QED) is 0.555. The maximum absolute atomic E-state index is 11.5. The number of nitrogens with one attached hydrogen (secondary N) is 3. The second-order valence-electron chi connectivity index (χ2n) is 3.90. The van der Waals surface area contributed by atoms with Crippen LogP contribution in [0.2, 0.25) is 0 Å². The van der Waals surface area contributed by atoms with Crippen molar-refractivity contribution in [1.29, 1.82) is 0 Å². The van der Waals surface area contributed by atoms with Gasteiger partial charge in [-0.05, 0) is 23.8 Å². The first-order valence-electron chi connectivity index (χ1n) is 5.83. The number of hydrogen-bond donors (Lipinski definition) is 3. The molecule has 96 valence electrons. The van der Waals surface area contributed by atoms with Gasteiger partial charge in [-0.25, -0.2) is 0 Å². The molecular formula is C14H14N4O. The van der Waals surface area contributed by atoms with Crippen molar-refractivity contribution in [3.63, 3.8) is 0 Å². The molecule has 0 bridgehead atoms. The van der Waals surface area contributed by atoms with Crippen LogP contribution in [-0.2, 0) is 4.79 Å². The predicted octanol–water partition coefficient (Wildman–Crippen LogP) is 1.24. The number of nitrogens with zero attached hydrogens (tertiary/aromatic N) is 1. The summed E-state index contributed by atoms with van der Waals surface area (Å²) >= 11 is 0. The van der Waals surface area contributed by atoms with Crippen molar-refractivity contribution in [2.45, 2.75) is 0 Å². The molecule has 1 amide bonds. The number of terminal acetylenes is 1. The molecule has 1 heterocycles. The van der Waals surface area contributed by atoms with E-state index in [0.717, 1.165) is 16.9 Å². The molecule has 0 saturated carbocycles. The first kappa shape index (κ1) is 12.9. The van der Waals surface area contributed by atoms with Crippen LogP contribution in [0.1, 0.15) is 0 Å². The van der Waals surface area contributed by atoms with Gasteiger partial charge in [0, 0.05) is 11.9 Å². The molecule has 3 N–H and O–H groups in total. The third-order valence-electron chi connectivity index (χ3n) is 2.49. The summed E-state index contributed by atoms with van der Waals surface area (Å²) < 4.78 is 0. The maximum atomic E-state index is 11.5. The molecule has 2 rings (SSSR count). The summed E-state index contributed by atoms with van der Waals surface area (Å²) in [6.07, 6.45) is 6.77. The molecule has 19 heavy (non-hydrogen) atoms. The number of aromatic nitrogens is 2. The van der Waals surface area contributed by atoms with Crippen LogP contribution in [0.3, 0.4) is 0 Å². The van der Waals surface area contributed by atoms with E-state index in [1.54, 1.807) is 6.20 Å². The van der Waals surface area contributed by atoms with Crippen LogP contribution in [-0.4, -0.2) is 29.2 Å². The van der Waals surface area contributed by atoms with Gasteiger partial charge in [0.2, 0.25) is 5.91 Å². The van der Waals surface area contributed by atoms with Gasteiger partial charge in [-0.1, -0.05) is 18.1 Å². The summed E-state index contributed by atoms with van der Waals surface area (Å²) in [4.78, 5) is 11.5. The Kier molecular flexibility index (Phi) is 4.32. The summed E-state index contributed by atoms with van der Waals surface area (Å²) in [5, 5.41) is 12.4. The zero-order chi connectivity index (χ0) is 13.5. The summed E-state index contributed by atoms with van der Waals surface area (Å²) in [5.41, 5.74) is 2.70. The number of aromatic amines is 1. The maximum Gasteiger partial charge on any atom is 0.238 e. The van der Waals surface area contributed by atoms with Gasteiger partial charge in [0.05, 0.1) is 18.8 Å². The van der Waals surface area contributed by atoms with Crippen molar-refractivity contribution in [1.82, 2.24) is 15.5 Å². The molecule has 0 aliphatic rings. The lowest BCUT2D eigenvalue weighted by Gasteiger charge is -2.06. The Hall–Kier alpha value is -2.58. The van der Waals surface area contributed by atoms with Crippen molar-refractivity contribution in [2.75, 3.05) is 18.4 Å². The van der Waals surface area contributed by atoms with Crippen LogP contribution in [0.4, 0.5) is 5.69 Å². The van der Waals surface area contributed by atoms with Crippen molar-refractivity contribution in [3.8, 4) is 23.6 Å². The normalized spacial score (nSPS) is 9.84. The van der Waals surface area contributed by atoms with Gasteiger partial charge in [-0.2, -0.15) is 5.10 Å². The number of rotatable bonds is 5. The second kappa shape index (κ2) is 6.38. The molecule has 1 aromatic heterocycles. The van der Waals surface area contributed by atoms with Crippen LogP contribution in [0.5, 0.6) is 0 Å². The Morgan fingerprint density at radius 3 is 2.74 bits per heavy atom. The van der Waals surface area contributed by atoms with Crippen molar-refractivity contribution in [3.05, 3.63) is 36.5 Å². The third kappa shape index (κ3) is 3.69. The van der Waals surface area contributed by atoms with Crippen LogP contribution >= 0.6 is 0 Å². The Bertz CT molecular complexity index is 566. The molecule has 0 atom stereocenters. The van der Waals surface area contributed by atoms with Gasteiger partial charge in [0.25, 0.3) is 0 Å². The van der Waals surface area contributed by atoms with Gasteiger partial charge >= 0.3 is 0 Å². The number of H-pyrrole nitrogens is 1. The molecule has 0 radical (unpaired) electrons. The number of anilines is 1. The lowest BCUT2D eigenvalue weighted by atomic mass is 10.1. The molecule has 0 saturated heterocycles. The molecule has 5 nitrogen and oxygen atoms in total. The van der Waals surface area contributed by atoms with Crippen molar-refractivity contribution in [2.24, 2.45) is 0 Å². The highest BCUT2D eigenvalue weighted by atomic mass is 16.1.